The Morgan fingerprint density at radius 3 is 2.50 bits per heavy atom. The highest BCUT2D eigenvalue weighted by atomic mass is 79.9. The molecule has 0 atom stereocenters. The Bertz CT molecular complexity index is 656. The molecule has 3 nitrogen and oxygen atoms in total. The molecule has 0 fully saturated rings. The smallest absolute Gasteiger partial charge is 0.144 e. The van der Waals surface area contributed by atoms with Crippen LogP contribution < -0.4 is 10.1 Å². The first-order chi connectivity index (χ1) is 9.54. The third kappa shape index (κ3) is 2.53. The summed E-state index contributed by atoms with van der Waals surface area (Å²) in [5, 5.41) is 4.48. The number of aryl methyl sites for hydroxylation is 1. The summed E-state index contributed by atoms with van der Waals surface area (Å²) < 4.78 is 7.47. The summed E-state index contributed by atoms with van der Waals surface area (Å²) in [6, 6.07) is 1.98. The number of hydrogen-bond donors (Lipinski definition) is 1. The Labute approximate surface area is 136 Å². The van der Waals surface area contributed by atoms with Crippen LogP contribution in [0.1, 0.15) is 25.1 Å². The highest BCUT2D eigenvalue weighted by Gasteiger charge is 2.18. The highest BCUT2D eigenvalue weighted by Crippen LogP contribution is 2.43. The minimum Gasteiger partial charge on any atom is -0.495 e. The quantitative estimate of drug-likeness (QED) is 0.776. The standard InChI is InChI=1S/C15H18Br2N2O/c1-5-11-8(3)13(18-6-2)12-14(19-11)9(16)7-10(17)15(12)20-4/h7H,5-6H2,1-4H3,(H,18,19). The fraction of sp³-hybridized carbons (Fsp3) is 0.400. The monoisotopic (exact) mass is 400 g/mol. The van der Waals surface area contributed by atoms with E-state index in [0.29, 0.717) is 0 Å². The molecule has 1 aromatic heterocycles. The van der Waals surface area contributed by atoms with E-state index in [0.717, 1.165) is 49.9 Å². The van der Waals surface area contributed by atoms with E-state index < -0.39 is 0 Å². The third-order valence-corrected chi connectivity index (χ3v) is 4.55. The van der Waals surface area contributed by atoms with Gasteiger partial charge in [-0.05, 0) is 63.8 Å². The maximum atomic E-state index is 5.58. The first-order valence-corrected chi connectivity index (χ1v) is 8.22. The van der Waals surface area contributed by atoms with Crippen LogP contribution in [0.4, 0.5) is 5.69 Å². The van der Waals surface area contributed by atoms with Gasteiger partial charge < -0.3 is 10.1 Å². The summed E-state index contributed by atoms with van der Waals surface area (Å²) >= 11 is 7.17. The number of anilines is 1. The van der Waals surface area contributed by atoms with Gasteiger partial charge in [-0.15, -0.1) is 0 Å². The summed E-state index contributed by atoms with van der Waals surface area (Å²) in [7, 11) is 1.69. The number of methoxy groups -OCH3 is 1. The van der Waals surface area contributed by atoms with Crippen molar-refractivity contribution in [1.82, 2.24) is 4.98 Å². The zero-order valence-electron chi connectivity index (χ0n) is 12.1. The number of pyridine rings is 1. The van der Waals surface area contributed by atoms with Gasteiger partial charge in [0.25, 0.3) is 0 Å². The third-order valence-electron chi connectivity index (χ3n) is 3.36. The molecule has 0 aliphatic carbocycles. The van der Waals surface area contributed by atoms with Gasteiger partial charge in [-0.25, -0.2) is 0 Å². The van der Waals surface area contributed by atoms with Crippen LogP contribution in [0.2, 0.25) is 0 Å². The van der Waals surface area contributed by atoms with Gasteiger partial charge in [-0.1, -0.05) is 6.92 Å². The van der Waals surface area contributed by atoms with Crippen molar-refractivity contribution in [2.75, 3.05) is 19.0 Å². The van der Waals surface area contributed by atoms with Gasteiger partial charge in [-0.3, -0.25) is 4.98 Å². The molecule has 108 valence electrons. The molecule has 1 heterocycles. The largest absolute Gasteiger partial charge is 0.495 e. The van der Waals surface area contributed by atoms with E-state index in [1.165, 1.54) is 5.56 Å². The van der Waals surface area contributed by atoms with Crippen molar-refractivity contribution >= 4 is 48.5 Å². The van der Waals surface area contributed by atoms with E-state index in [2.05, 4.69) is 57.9 Å². The molecule has 0 saturated heterocycles. The second-order valence-corrected chi connectivity index (χ2v) is 6.25. The Morgan fingerprint density at radius 2 is 1.95 bits per heavy atom. The number of rotatable bonds is 4. The Balaban J connectivity index is 2.97. The van der Waals surface area contributed by atoms with Crippen molar-refractivity contribution in [3.05, 3.63) is 26.3 Å². The number of nitrogens with one attached hydrogen (secondary N) is 1. The lowest BCUT2D eigenvalue weighted by Gasteiger charge is -2.18. The van der Waals surface area contributed by atoms with Crippen molar-refractivity contribution in [1.29, 1.82) is 0 Å². The van der Waals surface area contributed by atoms with Crippen molar-refractivity contribution in [3.63, 3.8) is 0 Å². The van der Waals surface area contributed by atoms with Crippen LogP contribution in [0.15, 0.2) is 15.0 Å². The topological polar surface area (TPSA) is 34.2 Å². The molecule has 0 aliphatic rings. The second kappa shape index (κ2) is 6.31. The Hall–Kier alpha value is -0.810. The van der Waals surface area contributed by atoms with E-state index in [4.69, 9.17) is 9.72 Å². The van der Waals surface area contributed by atoms with Gasteiger partial charge in [0.1, 0.15) is 5.75 Å². The van der Waals surface area contributed by atoms with Crippen molar-refractivity contribution < 1.29 is 4.74 Å². The lowest BCUT2D eigenvalue weighted by molar-refractivity contribution is 0.417. The summed E-state index contributed by atoms with van der Waals surface area (Å²) in [5.41, 5.74) is 4.33. The molecule has 20 heavy (non-hydrogen) atoms. The molecule has 0 unspecified atom stereocenters. The van der Waals surface area contributed by atoms with Crippen LogP contribution >= 0.6 is 31.9 Å². The number of benzene rings is 1. The van der Waals surface area contributed by atoms with Gasteiger partial charge >= 0.3 is 0 Å². The van der Waals surface area contributed by atoms with Gasteiger partial charge in [0, 0.05) is 16.7 Å². The van der Waals surface area contributed by atoms with Crippen LogP contribution in [-0.2, 0) is 6.42 Å². The van der Waals surface area contributed by atoms with E-state index in [1.807, 2.05) is 6.07 Å². The lowest BCUT2D eigenvalue weighted by Crippen LogP contribution is -2.06. The molecule has 2 aromatic rings. The number of ether oxygens (including phenoxy) is 1. The van der Waals surface area contributed by atoms with Gasteiger partial charge in [0.05, 0.1) is 28.2 Å². The second-order valence-electron chi connectivity index (χ2n) is 4.54. The molecule has 1 N–H and O–H groups in total. The molecule has 0 saturated carbocycles. The maximum Gasteiger partial charge on any atom is 0.144 e. The average Bonchev–Trinajstić information content (AvgIpc) is 2.42. The van der Waals surface area contributed by atoms with Gasteiger partial charge in [0.2, 0.25) is 0 Å². The lowest BCUT2D eigenvalue weighted by atomic mass is 10.0. The fourth-order valence-electron chi connectivity index (χ4n) is 2.42. The number of halogens is 2. The molecule has 2 rings (SSSR count). The minimum absolute atomic E-state index is 0.817. The van der Waals surface area contributed by atoms with E-state index in [-0.39, 0.29) is 0 Å². The molecule has 0 aliphatic heterocycles. The van der Waals surface area contributed by atoms with Crippen LogP contribution in [0.3, 0.4) is 0 Å². The molecular formula is C15H18Br2N2O. The first-order valence-electron chi connectivity index (χ1n) is 6.64. The predicted octanol–water partition coefficient (Wildman–Crippen LogP) is 5.07. The van der Waals surface area contributed by atoms with Crippen LogP contribution in [-0.4, -0.2) is 18.6 Å². The summed E-state index contributed by atoms with van der Waals surface area (Å²) in [6.07, 6.45) is 0.908. The van der Waals surface area contributed by atoms with Gasteiger partial charge in [0.15, 0.2) is 0 Å². The highest BCUT2D eigenvalue weighted by molar-refractivity contribution is 9.11. The van der Waals surface area contributed by atoms with Crippen LogP contribution in [0, 0.1) is 6.92 Å². The predicted molar refractivity (Wildman–Crippen MR) is 92.0 cm³/mol. The molecule has 5 heteroatoms. The van der Waals surface area contributed by atoms with E-state index in [1.54, 1.807) is 7.11 Å². The van der Waals surface area contributed by atoms with Crippen molar-refractivity contribution in [2.24, 2.45) is 0 Å². The van der Waals surface area contributed by atoms with Gasteiger partial charge in [-0.2, -0.15) is 0 Å². The van der Waals surface area contributed by atoms with Crippen molar-refractivity contribution in [2.45, 2.75) is 27.2 Å². The zero-order valence-corrected chi connectivity index (χ0v) is 15.3. The number of aromatic nitrogens is 1. The molecular weight excluding hydrogens is 384 g/mol. The van der Waals surface area contributed by atoms with E-state index in [9.17, 15) is 0 Å². The fourth-order valence-corrected chi connectivity index (χ4v) is 3.84. The molecule has 0 bridgehead atoms. The molecule has 0 radical (unpaired) electrons. The Kier molecular flexibility index (Phi) is 4.91. The SMILES string of the molecule is CCNc1c(C)c(CC)nc2c(Br)cc(Br)c(OC)c12. The number of hydrogen-bond acceptors (Lipinski definition) is 3. The molecule has 1 aromatic carbocycles. The summed E-state index contributed by atoms with van der Waals surface area (Å²) in [5.74, 6) is 0.817. The number of nitrogens with zero attached hydrogens (tertiary/aromatic N) is 1. The van der Waals surface area contributed by atoms with Crippen molar-refractivity contribution in [3.8, 4) is 5.75 Å². The molecule has 0 spiro atoms. The average molecular weight is 402 g/mol. The minimum atomic E-state index is 0.817. The number of fused-ring (bicyclic) bond motifs is 1. The van der Waals surface area contributed by atoms with E-state index >= 15 is 0 Å². The summed E-state index contributed by atoms with van der Waals surface area (Å²) in [6.45, 7) is 7.19. The Morgan fingerprint density at radius 1 is 1.25 bits per heavy atom. The van der Waals surface area contributed by atoms with Crippen LogP contribution in [0.5, 0.6) is 5.75 Å². The summed E-state index contributed by atoms with van der Waals surface area (Å²) in [4.78, 5) is 4.80. The first kappa shape index (κ1) is 15.6. The zero-order chi connectivity index (χ0) is 14.9. The molecule has 0 amide bonds. The normalized spacial score (nSPS) is 10.9. The van der Waals surface area contributed by atoms with Crippen LogP contribution in [0.25, 0.3) is 10.9 Å². The maximum absolute atomic E-state index is 5.58.